The minimum absolute atomic E-state index is 0.0720. The Morgan fingerprint density at radius 1 is 1.00 bits per heavy atom. The van der Waals surface area contributed by atoms with Gasteiger partial charge in [0.1, 0.15) is 5.75 Å². The van der Waals surface area contributed by atoms with Crippen molar-refractivity contribution >= 4 is 27.5 Å². The van der Waals surface area contributed by atoms with E-state index >= 15 is 0 Å². The predicted molar refractivity (Wildman–Crippen MR) is 120 cm³/mol. The van der Waals surface area contributed by atoms with Crippen LogP contribution >= 0.6 is 0 Å². The van der Waals surface area contributed by atoms with Crippen LogP contribution in [0.15, 0.2) is 53.4 Å². The number of carbonyl (C=O) groups is 2. The Labute approximate surface area is 188 Å². The highest BCUT2D eigenvalue weighted by atomic mass is 32.2. The number of anilines is 1. The zero-order valence-electron chi connectivity index (χ0n) is 18.1. The van der Waals surface area contributed by atoms with Crippen molar-refractivity contribution < 1.29 is 22.7 Å². The first kappa shape index (κ1) is 22.3. The molecule has 170 valence electrons. The van der Waals surface area contributed by atoms with Crippen molar-refractivity contribution in [3.63, 3.8) is 0 Å². The van der Waals surface area contributed by atoms with Gasteiger partial charge in [0.2, 0.25) is 15.9 Å². The fourth-order valence-electron chi connectivity index (χ4n) is 4.07. The number of sulfonamides is 1. The van der Waals surface area contributed by atoms with Crippen molar-refractivity contribution in [3.05, 3.63) is 54.1 Å². The van der Waals surface area contributed by atoms with Gasteiger partial charge in [0.15, 0.2) is 0 Å². The van der Waals surface area contributed by atoms with E-state index in [4.69, 9.17) is 4.74 Å². The Kier molecular flexibility index (Phi) is 6.48. The van der Waals surface area contributed by atoms with Crippen molar-refractivity contribution in [2.24, 2.45) is 0 Å². The van der Waals surface area contributed by atoms with Crippen molar-refractivity contribution in [2.75, 3.05) is 44.2 Å². The van der Waals surface area contributed by atoms with Gasteiger partial charge >= 0.3 is 0 Å². The second-order valence-electron chi connectivity index (χ2n) is 7.80. The number of carbonyl (C=O) groups excluding carboxylic acids is 2. The van der Waals surface area contributed by atoms with Crippen molar-refractivity contribution in [1.82, 2.24) is 9.21 Å². The molecule has 2 aliphatic heterocycles. The lowest BCUT2D eigenvalue weighted by molar-refractivity contribution is -0.117. The third-order valence-electron chi connectivity index (χ3n) is 5.78. The molecule has 0 saturated carbocycles. The van der Waals surface area contributed by atoms with Gasteiger partial charge in [0.25, 0.3) is 5.91 Å². The Balaban J connectivity index is 1.41. The molecular weight excluding hydrogens is 430 g/mol. The number of ether oxygens (including phenoxy) is 1. The fraction of sp³-hybridized carbons (Fsp3) is 0.391. The molecule has 0 aliphatic carbocycles. The van der Waals surface area contributed by atoms with Crippen LogP contribution < -0.4 is 9.64 Å². The van der Waals surface area contributed by atoms with E-state index in [9.17, 15) is 18.0 Å². The number of nitrogens with zero attached hydrogens (tertiary/aromatic N) is 3. The highest BCUT2D eigenvalue weighted by molar-refractivity contribution is 7.89. The first-order valence-electron chi connectivity index (χ1n) is 10.8. The zero-order valence-corrected chi connectivity index (χ0v) is 18.9. The van der Waals surface area contributed by atoms with Crippen molar-refractivity contribution in [2.45, 2.75) is 24.7 Å². The Morgan fingerprint density at radius 3 is 2.34 bits per heavy atom. The maximum atomic E-state index is 13.0. The van der Waals surface area contributed by atoms with E-state index in [1.165, 1.54) is 4.31 Å². The fourth-order valence-corrected chi connectivity index (χ4v) is 5.49. The molecule has 2 aromatic rings. The molecule has 2 saturated heterocycles. The molecule has 32 heavy (non-hydrogen) atoms. The molecule has 9 heteroatoms. The number of hydrogen-bond donors (Lipinski definition) is 0. The summed E-state index contributed by atoms with van der Waals surface area (Å²) in [7, 11) is -3.64. The van der Waals surface area contributed by atoms with E-state index in [0.717, 1.165) is 12.1 Å². The summed E-state index contributed by atoms with van der Waals surface area (Å²) >= 11 is 0. The lowest BCUT2D eigenvalue weighted by Gasteiger charge is -2.34. The lowest BCUT2D eigenvalue weighted by atomic mass is 10.1. The van der Waals surface area contributed by atoms with Gasteiger partial charge in [-0.15, -0.1) is 0 Å². The smallest absolute Gasteiger partial charge is 0.254 e. The monoisotopic (exact) mass is 457 g/mol. The molecule has 8 nitrogen and oxygen atoms in total. The minimum Gasteiger partial charge on any atom is -0.494 e. The van der Waals surface area contributed by atoms with Gasteiger partial charge in [-0.05, 0) is 55.8 Å². The highest BCUT2D eigenvalue weighted by Gasteiger charge is 2.31. The summed E-state index contributed by atoms with van der Waals surface area (Å²) in [6.07, 6.45) is 1.35. The van der Waals surface area contributed by atoms with Crippen LogP contribution in [0.5, 0.6) is 5.75 Å². The summed E-state index contributed by atoms with van der Waals surface area (Å²) in [6, 6.07) is 13.5. The van der Waals surface area contributed by atoms with Gasteiger partial charge in [-0.2, -0.15) is 4.31 Å². The topological polar surface area (TPSA) is 87.2 Å². The summed E-state index contributed by atoms with van der Waals surface area (Å²) < 4.78 is 32.7. The number of piperazine rings is 1. The van der Waals surface area contributed by atoms with E-state index < -0.39 is 10.0 Å². The molecule has 2 fully saturated rings. The minimum atomic E-state index is -3.64. The Bertz CT molecular complexity index is 1090. The van der Waals surface area contributed by atoms with Crippen LogP contribution in [0.3, 0.4) is 0 Å². The predicted octanol–water partition coefficient (Wildman–Crippen LogP) is 2.36. The van der Waals surface area contributed by atoms with Crippen LogP contribution in [0.4, 0.5) is 5.69 Å². The second kappa shape index (κ2) is 9.30. The molecule has 0 radical (unpaired) electrons. The quantitative estimate of drug-likeness (QED) is 0.665. The highest BCUT2D eigenvalue weighted by Crippen LogP contribution is 2.24. The summed E-state index contributed by atoms with van der Waals surface area (Å²) in [5.41, 5.74) is 1.24. The largest absolute Gasteiger partial charge is 0.494 e. The van der Waals surface area contributed by atoms with Gasteiger partial charge in [-0.3, -0.25) is 9.59 Å². The molecule has 0 unspecified atom stereocenters. The summed E-state index contributed by atoms with van der Waals surface area (Å²) in [5.74, 6) is 0.541. The maximum absolute atomic E-state index is 13.0. The molecule has 2 amide bonds. The zero-order chi connectivity index (χ0) is 22.7. The van der Waals surface area contributed by atoms with Crippen LogP contribution in [-0.4, -0.2) is 68.8 Å². The number of rotatable bonds is 6. The Morgan fingerprint density at radius 2 is 1.72 bits per heavy atom. The van der Waals surface area contributed by atoms with Gasteiger partial charge in [-0.1, -0.05) is 6.07 Å². The van der Waals surface area contributed by atoms with E-state index in [1.807, 2.05) is 13.0 Å². The van der Waals surface area contributed by atoms with Crippen molar-refractivity contribution in [1.29, 1.82) is 0 Å². The van der Waals surface area contributed by atoms with Gasteiger partial charge in [0.05, 0.1) is 11.5 Å². The summed E-state index contributed by atoms with van der Waals surface area (Å²) in [5, 5.41) is 0. The van der Waals surface area contributed by atoms with Crippen molar-refractivity contribution in [3.8, 4) is 5.75 Å². The number of amides is 2. The summed E-state index contributed by atoms with van der Waals surface area (Å²) in [4.78, 5) is 28.6. The molecule has 0 atom stereocenters. The van der Waals surface area contributed by atoms with E-state index in [0.29, 0.717) is 44.0 Å². The first-order valence-corrected chi connectivity index (χ1v) is 12.3. The molecule has 0 spiro atoms. The van der Waals surface area contributed by atoms with E-state index in [-0.39, 0.29) is 29.8 Å². The first-order chi connectivity index (χ1) is 15.4. The van der Waals surface area contributed by atoms with Gasteiger partial charge in [-0.25, -0.2) is 8.42 Å². The normalized spacial score (nSPS) is 17.6. The average molecular weight is 458 g/mol. The molecule has 4 rings (SSSR count). The molecule has 2 aliphatic rings. The third kappa shape index (κ3) is 4.49. The Hall–Kier alpha value is -2.91. The van der Waals surface area contributed by atoms with Gasteiger partial charge in [0, 0.05) is 50.4 Å². The second-order valence-corrected chi connectivity index (χ2v) is 9.74. The molecule has 2 heterocycles. The molecule has 0 bridgehead atoms. The third-order valence-corrected chi connectivity index (χ3v) is 7.69. The van der Waals surface area contributed by atoms with Crippen LogP contribution in [0, 0.1) is 0 Å². The van der Waals surface area contributed by atoms with Crippen LogP contribution in [0.2, 0.25) is 0 Å². The summed E-state index contributed by atoms with van der Waals surface area (Å²) in [6.45, 7) is 4.12. The standard InChI is InChI=1S/C23H27N3O5S/c1-2-31-20-8-10-21(11-9-20)32(29,30)25-15-13-24(14-16-25)23(28)18-5-3-6-19(17-18)26-12-4-7-22(26)27/h3,5-6,8-11,17H,2,4,7,12-16H2,1H3. The molecule has 2 aromatic carbocycles. The number of hydrogen-bond acceptors (Lipinski definition) is 5. The number of benzene rings is 2. The molecular formula is C23H27N3O5S. The van der Waals surface area contributed by atoms with Crippen LogP contribution in [0.1, 0.15) is 30.1 Å². The lowest BCUT2D eigenvalue weighted by Crippen LogP contribution is -2.50. The van der Waals surface area contributed by atoms with E-state index in [1.54, 1.807) is 52.3 Å². The average Bonchev–Trinajstić information content (AvgIpc) is 3.25. The maximum Gasteiger partial charge on any atom is 0.254 e. The van der Waals surface area contributed by atoms with Crippen LogP contribution in [0.25, 0.3) is 0 Å². The molecule has 0 N–H and O–H groups in total. The van der Waals surface area contributed by atoms with Gasteiger partial charge < -0.3 is 14.5 Å². The molecule has 0 aromatic heterocycles. The SMILES string of the molecule is CCOc1ccc(S(=O)(=O)N2CCN(C(=O)c3cccc(N4CCCC4=O)c3)CC2)cc1. The van der Waals surface area contributed by atoms with Crippen LogP contribution in [-0.2, 0) is 14.8 Å². The van der Waals surface area contributed by atoms with E-state index in [2.05, 4.69) is 0 Å².